The van der Waals surface area contributed by atoms with Gasteiger partial charge in [-0.2, -0.15) is 18.3 Å². The van der Waals surface area contributed by atoms with Crippen LogP contribution < -0.4 is 5.32 Å². The molecule has 0 saturated carbocycles. The number of nitrogens with one attached hydrogen (secondary N) is 1. The van der Waals surface area contributed by atoms with Crippen LogP contribution in [0.5, 0.6) is 0 Å². The Morgan fingerprint density at radius 1 is 1.19 bits per heavy atom. The van der Waals surface area contributed by atoms with Crippen LogP contribution in [0.4, 0.5) is 22.0 Å². The summed E-state index contributed by atoms with van der Waals surface area (Å²) in [6, 6.07) is 2.61. The van der Waals surface area contributed by atoms with Crippen molar-refractivity contribution in [3.63, 3.8) is 0 Å². The highest BCUT2D eigenvalue weighted by Gasteiger charge is 2.40. The molecular formula is C13H10F5N3. The van der Waals surface area contributed by atoms with Gasteiger partial charge in [0.25, 0.3) is 0 Å². The summed E-state index contributed by atoms with van der Waals surface area (Å²) in [4.78, 5) is 0. The largest absolute Gasteiger partial charge is 0.435 e. The van der Waals surface area contributed by atoms with Crippen molar-refractivity contribution in [3.05, 3.63) is 46.8 Å². The third kappa shape index (κ3) is 2.39. The minimum atomic E-state index is -4.64. The second-order valence-corrected chi connectivity index (χ2v) is 4.71. The summed E-state index contributed by atoms with van der Waals surface area (Å²) in [5.41, 5.74) is -1.14. The lowest BCUT2D eigenvalue weighted by atomic mass is 10.1. The predicted molar refractivity (Wildman–Crippen MR) is 63.9 cm³/mol. The van der Waals surface area contributed by atoms with Crippen LogP contribution in [0.1, 0.15) is 17.0 Å². The van der Waals surface area contributed by atoms with Gasteiger partial charge in [-0.15, -0.1) is 0 Å². The van der Waals surface area contributed by atoms with Crippen LogP contribution in [0.25, 0.3) is 5.69 Å². The molecule has 0 amide bonds. The molecule has 3 rings (SSSR count). The van der Waals surface area contributed by atoms with Crippen LogP contribution in [0, 0.1) is 11.6 Å². The van der Waals surface area contributed by atoms with Gasteiger partial charge < -0.3 is 5.32 Å². The van der Waals surface area contributed by atoms with E-state index < -0.39 is 23.5 Å². The molecule has 0 unspecified atom stereocenters. The predicted octanol–water partition coefficient (Wildman–Crippen LogP) is 2.82. The first-order valence-electron chi connectivity index (χ1n) is 6.22. The van der Waals surface area contributed by atoms with Crippen molar-refractivity contribution in [2.24, 2.45) is 0 Å². The van der Waals surface area contributed by atoms with Crippen LogP contribution in [0.15, 0.2) is 18.2 Å². The Morgan fingerprint density at radius 3 is 2.67 bits per heavy atom. The number of fused-ring (bicyclic) bond motifs is 1. The van der Waals surface area contributed by atoms with Crippen molar-refractivity contribution in [1.29, 1.82) is 0 Å². The van der Waals surface area contributed by atoms with E-state index in [9.17, 15) is 22.0 Å². The first-order valence-corrected chi connectivity index (χ1v) is 6.22. The molecule has 0 radical (unpaired) electrons. The molecule has 0 fully saturated rings. The lowest BCUT2D eigenvalue weighted by Gasteiger charge is -2.16. The van der Waals surface area contributed by atoms with Crippen molar-refractivity contribution in [3.8, 4) is 5.69 Å². The van der Waals surface area contributed by atoms with Gasteiger partial charge in [-0.3, -0.25) is 0 Å². The van der Waals surface area contributed by atoms with Crippen LogP contribution in [0.2, 0.25) is 0 Å². The van der Waals surface area contributed by atoms with E-state index in [2.05, 4.69) is 10.4 Å². The van der Waals surface area contributed by atoms with E-state index in [1.165, 1.54) is 0 Å². The molecule has 0 spiro atoms. The van der Waals surface area contributed by atoms with Crippen molar-refractivity contribution in [2.45, 2.75) is 19.1 Å². The quantitative estimate of drug-likeness (QED) is 0.821. The van der Waals surface area contributed by atoms with E-state index in [4.69, 9.17) is 0 Å². The fourth-order valence-corrected chi connectivity index (χ4v) is 2.42. The number of hydrogen-bond acceptors (Lipinski definition) is 2. The van der Waals surface area contributed by atoms with E-state index in [0.29, 0.717) is 6.54 Å². The van der Waals surface area contributed by atoms with Crippen LogP contribution in [-0.4, -0.2) is 16.3 Å². The summed E-state index contributed by atoms with van der Waals surface area (Å²) in [5.74, 6) is -1.56. The van der Waals surface area contributed by atoms with Gasteiger partial charge in [0.15, 0.2) is 5.69 Å². The molecule has 1 aliphatic rings. The molecule has 21 heavy (non-hydrogen) atoms. The molecule has 1 N–H and O–H groups in total. The number of rotatable bonds is 1. The van der Waals surface area contributed by atoms with Crippen LogP contribution in [-0.2, 0) is 19.1 Å². The molecule has 1 aliphatic heterocycles. The lowest BCUT2D eigenvalue weighted by molar-refractivity contribution is -0.142. The average molecular weight is 303 g/mol. The second-order valence-electron chi connectivity index (χ2n) is 4.71. The normalized spacial score (nSPS) is 15.1. The Bertz CT molecular complexity index is 690. The Labute approximate surface area is 116 Å². The highest BCUT2D eigenvalue weighted by molar-refractivity contribution is 5.41. The zero-order chi connectivity index (χ0) is 15.2. The number of hydrogen-bond donors (Lipinski definition) is 1. The topological polar surface area (TPSA) is 29.9 Å². The van der Waals surface area contributed by atoms with Gasteiger partial charge in [-0.25, -0.2) is 13.5 Å². The van der Waals surface area contributed by atoms with Gasteiger partial charge in [-0.1, -0.05) is 0 Å². The van der Waals surface area contributed by atoms with Crippen LogP contribution in [0.3, 0.4) is 0 Å². The van der Waals surface area contributed by atoms with E-state index in [-0.39, 0.29) is 29.9 Å². The molecule has 1 aromatic heterocycles. The van der Waals surface area contributed by atoms with Gasteiger partial charge in [0, 0.05) is 31.1 Å². The number of halogens is 5. The standard InChI is InChI=1S/C13H10F5N3/c14-7-1-2-9(15)11(5-7)21-10-3-4-19-6-8(10)12(20-21)13(16,17)18/h1-2,5,19H,3-4,6H2. The SMILES string of the molecule is Fc1ccc(F)c(-n2nc(C(F)(F)F)c3c2CCNC3)c1. The number of nitrogens with zero attached hydrogens (tertiary/aromatic N) is 2. The fourth-order valence-electron chi connectivity index (χ4n) is 2.42. The molecular weight excluding hydrogens is 293 g/mol. The second kappa shape index (κ2) is 4.80. The Hall–Kier alpha value is -1.96. The van der Waals surface area contributed by atoms with E-state index in [0.717, 1.165) is 22.9 Å². The summed E-state index contributed by atoms with van der Waals surface area (Å²) in [5, 5.41) is 6.30. The van der Waals surface area contributed by atoms with E-state index in [1.54, 1.807) is 0 Å². The molecule has 3 nitrogen and oxygen atoms in total. The van der Waals surface area contributed by atoms with Crippen molar-refractivity contribution in [1.82, 2.24) is 15.1 Å². The highest BCUT2D eigenvalue weighted by Crippen LogP contribution is 2.35. The molecule has 112 valence electrons. The number of aromatic nitrogens is 2. The third-order valence-corrected chi connectivity index (χ3v) is 3.34. The van der Waals surface area contributed by atoms with Crippen molar-refractivity contribution in [2.75, 3.05) is 6.54 Å². The maximum atomic E-state index is 13.8. The zero-order valence-electron chi connectivity index (χ0n) is 10.6. The smallest absolute Gasteiger partial charge is 0.312 e. The van der Waals surface area contributed by atoms with Gasteiger partial charge in [-0.05, 0) is 12.1 Å². The van der Waals surface area contributed by atoms with Gasteiger partial charge >= 0.3 is 6.18 Å². The molecule has 0 aliphatic carbocycles. The molecule has 0 bridgehead atoms. The lowest BCUT2D eigenvalue weighted by Crippen LogP contribution is -2.26. The maximum absolute atomic E-state index is 13.8. The van der Waals surface area contributed by atoms with Gasteiger partial charge in [0.1, 0.15) is 17.3 Å². The molecule has 1 aromatic carbocycles. The number of benzene rings is 1. The third-order valence-electron chi connectivity index (χ3n) is 3.34. The summed E-state index contributed by atoms with van der Waals surface area (Å²) >= 11 is 0. The molecule has 0 atom stereocenters. The number of alkyl halides is 3. The molecule has 8 heteroatoms. The van der Waals surface area contributed by atoms with Gasteiger partial charge in [0.2, 0.25) is 0 Å². The van der Waals surface area contributed by atoms with E-state index in [1.807, 2.05) is 0 Å². The zero-order valence-corrected chi connectivity index (χ0v) is 10.6. The Morgan fingerprint density at radius 2 is 1.95 bits per heavy atom. The maximum Gasteiger partial charge on any atom is 0.435 e. The summed E-state index contributed by atoms with van der Waals surface area (Å²) < 4.78 is 67.0. The fraction of sp³-hybridized carbons (Fsp3) is 0.308. The molecule has 2 aromatic rings. The first kappa shape index (κ1) is 14.0. The van der Waals surface area contributed by atoms with E-state index >= 15 is 0 Å². The first-order chi connectivity index (χ1) is 9.88. The Balaban J connectivity index is 2.24. The summed E-state index contributed by atoms with van der Waals surface area (Å²) in [6.07, 6.45) is -4.38. The minimum absolute atomic E-state index is 0.00110. The van der Waals surface area contributed by atoms with Crippen LogP contribution >= 0.6 is 0 Å². The monoisotopic (exact) mass is 303 g/mol. The Kier molecular flexibility index (Phi) is 3.20. The molecule has 0 saturated heterocycles. The average Bonchev–Trinajstić information content (AvgIpc) is 2.81. The minimum Gasteiger partial charge on any atom is -0.312 e. The van der Waals surface area contributed by atoms with Crippen molar-refractivity contribution >= 4 is 0 Å². The summed E-state index contributed by atoms with van der Waals surface area (Å²) in [7, 11) is 0. The highest BCUT2D eigenvalue weighted by atomic mass is 19.4. The summed E-state index contributed by atoms with van der Waals surface area (Å²) in [6.45, 7) is 0.452. The van der Waals surface area contributed by atoms with Gasteiger partial charge in [0.05, 0.1) is 5.69 Å². The molecule has 2 heterocycles. The van der Waals surface area contributed by atoms with Crippen molar-refractivity contribution < 1.29 is 22.0 Å².